The van der Waals surface area contributed by atoms with E-state index >= 15 is 0 Å². The van der Waals surface area contributed by atoms with Crippen molar-refractivity contribution >= 4 is 30.4 Å². The average Bonchev–Trinajstić information content (AvgIpc) is 2.70. The Kier molecular flexibility index (Phi) is 11.4. The zero-order valence-electron chi connectivity index (χ0n) is 15.8. The van der Waals surface area contributed by atoms with Crippen LogP contribution < -0.4 is 0 Å². The molecule has 3 fully saturated rings. The predicted molar refractivity (Wildman–Crippen MR) is 115 cm³/mol. The average molecular weight is 536 g/mol. The molecule has 8 heteroatoms. The van der Waals surface area contributed by atoms with E-state index in [0.717, 1.165) is 38.5 Å². The fourth-order valence-corrected chi connectivity index (χ4v) is 43.3. The predicted octanol–water partition coefficient (Wildman–Crippen LogP) is 7.45. The third kappa shape index (κ3) is 6.32. The molecule has 0 aromatic carbocycles. The standard InChI is InChI=1S/3C6H11OP.ClH.Pd/c3*7-8-6-4-2-1-3-5-6;;/h3*6H,1-5H2;1H;/q;;;;-3/p+3. The Hall–Kier alpha value is 1.64. The van der Waals surface area contributed by atoms with Crippen LogP contribution in [-0.4, -0.2) is 17.0 Å². The van der Waals surface area contributed by atoms with Gasteiger partial charge in [0, 0.05) is 0 Å². The topological polar surface area (TPSA) is 51.2 Å². The molecule has 3 saturated carbocycles. The first-order valence-corrected chi connectivity index (χ1v) is 21.3. The van der Waals surface area contributed by atoms with E-state index in [1.54, 1.807) is 0 Å². The summed E-state index contributed by atoms with van der Waals surface area (Å²) in [5.41, 5.74) is 0.861. The third-order valence-corrected chi connectivity index (χ3v) is 39.8. The molecule has 0 aromatic heterocycles. The Labute approximate surface area is 172 Å². The van der Waals surface area contributed by atoms with Crippen LogP contribution in [0, 0.1) is 0 Å². The van der Waals surface area contributed by atoms with Gasteiger partial charge in [-0.15, -0.1) is 12.4 Å². The Balaban J connectivity index is 0.00000243. The molecule has 3 atom stereocenters. The van der Waals surface area contributed by atoms with Crippen molar-refractivity contribution in [3.8, 4) is 0 Å². The van der Waals surface area contributed by atoms with E-state index in [-0.39, 0.29) is 29.4 Å². The molecule has 0 N–H and O–H groups in total. The Morgan fingerprint density at radius 1 is 0.462 bits per heavy atom. The molecule has 3 aliphatic carbocycles. The van der Waals surface area contributed by atoms with Gasteiger partial charge in [0.2, 0.25) is 0 Å². The Morgan fingerprint density at radius 3 is 0.923 bits per heavy atom. The summed E-state index contributed by atoms with van der Waals surface area (Å²) in [5, 5.41) is 0. The van der Waals surface area contributed by atoms with E-state index in [0.29, 0.717) is 0 Å². The maximum absolute atomic E-state index is 13.6. The fourth-order valence-electron chi connectivity index (χ4n) is 4.55. The summed E-state index contributed by atoms with van der Waals surface area (Å²) >= 11 is -1.82. The molecule has 3 nitrogen and oxygen atoms in total. The molecular formula is C18H37ClO3P3Pd. The number of rotatable bonds is 6. The van der Waals surface area contributed by atoms with Crippen molar-refractivity contribution in [3.63, 3.8) is 0 Å². The van der Waals surface area contributed by atoms with Crippen LogP contribution in [0.3, 0.4) is 0 Å². The van der Waals surface area contributed by atoms with Crippen LogP contribution in [0.25, 0.3) is 0 Å². The van der Waals surface area contributed by atoms with Crippen LogP contribution in [0.4, 0.5) is 0 Å². The van der Waals surface area contributed by atoms with Gasteiger partial charge in [-0.2, -0.15) is 0 Å². The van der Waals surface area contributed by atoms with Crippen molar-refractivity contribution in [1.82, 2.24) is 0 Å². The molecule has 26 heavy (non-hydrogen) atoms. The van der Waals surface area contributed by atoms with E-state index in [2.05, 4.69) is 0 Å². The fraction of sp³-hybridized carbons (Fsp3) is 1.00. The molecule has 3 rings (SSSR count). The Bertz CT molecular complexity index is 431. The van der Waals surface area contributed by atoms with Gasteiger partial charge in [-0.05, 0) is 0 Å². The molecule has 0 bridgehead atoms. The first kappa shape index (κ1) is 23.9. The molecule has 0 radical (unpaired) electrons. The second-order valence-electron chi connectivity index (χ2n) is 8.06. The van der Waals surface area contributed by atoms with Gasteiger partial charge in [-0.25, -0.2) is 0 Å². The minimum atomic E-state index is -1.89. The second kappa shape index (κ2) is 12.4. The van der Waals surface area contributed by atoms with Gasteiger partial charge in [-0.1, -0.05) is 0 Å². The summed E-state index contributed by atoms with van der Waals surface area (Å²) in [6.45, 7) is 0. The molecule has 0 saturated heterocycles. The Morgan fingerprint density at radius 2 is 0.692 bits per heavy atom. The van der Waals surface area contributed by atoms with Gasteiger partial charge in [-0.3, -0.25) is 0 Å². The van der Waals surface area contributed by atoms with Crippen molar-refractivity contribution in [3.05, 3.63) is 0 Å². The number of halogens is 1. The third-order valence-electron chi connectivity index (χ3n) is 6.17. The number of hydrogen-bond acceptors (Lipinski definition) is 3. The van der Waals surface area contributed by atoms with Gasteiger partial charge < -0.3 is 0 Å². The summed E-state index contributed by atoms with van der Waals surface area (Å²) < 4.78 is 40.7. The van der Waals surface area contributed by atoms with E-state index in [9.17, 15) is 13.7 Å². The van der Waals surface area contributed by atoms with E-state index in [1.165, 1.54) is 57.8 Å². The van der Waals surface area contributed by atoms with Gasteiger partial charge in [0.05, 0.1) is 0 Å². The summed E-state index contributed by atoms with van der Waals surface area (Å²) in [5.74, 6) is -5.67. The molecule has 0 aromatic rings. The molecule has 0 aliphatic heterocycles. The van der Waals surface area contributed by atoms with Crippen molar-refractivity contribution in [2.45, 2.75) is 113 Å². The first-order valence-electron chi connectivity index (χ1n) is 10.4. The monoisotopic (exact) mass is 535 g/mol. The maximum atomic E-state index is 13.6. The SMILES string of the molecule is Cl.O=[PH](C1CCCCC1)[Pd]([PH](=O)C1CCCCC1)[PH](=O)C1CCCCC1. The van der Waals surface area contributed by atoms with Gasteiger partial charge in [0.1, 0.15) is 0 Å². The van der Waals surface area contributed by atoms with Crippen LogP contribution in [0.15, 0.2) is 0 Å². The van der Waals surface area contributed by atoms with Crippen LogP contribution in [0.5, 0.6) is 0 Å². The molecule has 0 heterocycles. The summed E-state index contributed by atoms with van der Waals surface area (Å²) in [4.78, 5) is 0. The quantitative estimate of drug-likeness (QED) is 0.262. The first-order chi connectivity index (χ1) is 12.2. The molecule has 3 aliphatic rings. The van der Waals surface area contributed by atoms with Crippen molar-refractivity contribution in [1.29, 1.82) is 0 Å². The second-order valence-corrected chi connectivity index (χ2v) is 31.4. The summed E-state index contributed by atoms with van der Waals surface area (Å²) in [7, 11) is 0. The van der Waals surface area contributed by atoms with Crippen molar-refractivity contribution in [2.24, 2.45) is 0 Å². The minimum absolute atomic E-state index is 0. The zero-order chi connectivity index (χ0) is 17.6. The molecular weight excluding hydrogens is 499 g/mol. The van der Waals surface area contributed by atoms with E-state index in [4.69, 9.17) is 0 Å². The van der Waals surface area contributed by atoms with E-state index in [1.807, 2.05) is 0 Å². The zero-order valence-corrected chi connectivity index (χ0v) is 21.2. The van der Waals surface area contributed by atoms with Crippen LogP contribution >= 0.6 is 30.4 Å². The molecule has 0 spiro atoms. The van der Waals surface area contributed by atoms with E-state index < -0.39 is 33.2 Å². The van der Waals surface area contributed by atoms with Crippen LogP contribution in [-0.2, 0) is 29.0 Å². The number of hydrogen-bond donors (Lipinski definition) is 0. The molecule has 0 amide bonds. The molecule has 159 valence electrons. The summed E-state index contributed by atoms with van der Waals surface area (Å²) in [6, 6.07) is 0. The van der Waals surface area contributed by atoms with Gasteiger partial charge >= 0.3 is 160 Å². The van der Waals surface area contributed by atoms with Crippen molar-refractivity contribution < 1.29 is 29.0 Å². The van der Waals surface area contributed by atoms with Crippen LogP contribution in [0.1, 0.15) is 96.3 Å². The normalized spacial score (nSPS) is 27.9. The van der Waals surface area contributed by atoms with Gasteiger partial charge in [0.25, 0.3) is 0 Å². The van der Waals surface area contributed by atoms with Crippen molar-refractivity contribution in [2.75, 3.05) is 0 Å². The van der Waals surface area contributed by atoms with Gasteiger partial charge in [0.15, 0.2) is 0 Å². The summed E-state index contributed by atoms with van der Waals surface area (Å²) in [6.07, 6.45) is 17.1. The molecule has 3 unspecified atom stereocenters. The van der Waals surface area contributed by atoms with Crippen LogP contribution in [0.2, 0.25) is 0 Å².